The lowest BCUT2D eigenvalue weighted by molar-refractivity contribution is -0.144. The number of aliphatic imine (C=N–C) groups is 1. The van der Waals surface area contributed by atoms with Gasteiger partial charge in [0.1, 0.15) is 22.9 Å². The van der Waals surface area contributed by atoms with E-state index in [4.69, 9.17) is 14.6 Å². The quantitative estimate of drug-likeness (QED) is 0.478. The number of hydrogen-bond donors (Lipinski definition) is 2. The molecule has 3 rings (SSSR count). The molecule has 0 bridgehead atoms. The Hall–Kier alpha value is -4.27. The largest absolute Gasteiger partial charge is 0.479 e. The van der Waals surface area contributed by atoms with E-state index >= 15 is 0 Å². The zero-order valence-corrected chi connectivity index (χ0v) is 18.0. The molecule has 0 aliphatic heterocycles. The van der Waals surface area contributed by atoms with Gasteiger partial charge in [-0.1, -0.05) is 18.2 Å². The van der Waals surface area contributed by atoms with Crippen molar-refractivity contribution in [1.29, 1.82) is 0 Å². The van der Waals surface area contributed by atoms with Crippen molar-refractivity contribution in [2.24, 2.45) is 4.99 Å². The Bertz CT molecular complexity index is 1180. The van der Waals surface area contributed by atoms with Crippen molar-refractivity contribution in [2.45, 2.75) is 19.6 Å². The number of carbonyl (C=O) groups excluding carboxylic acids is 1. The minimum atomic E-state index is -1.16. The van der Waals surface area contributed by atoms with E-state index in [2.05, 4.69) is 15.3 Å². The van der Waals surface area contributed by atoms with E-state index < -0.39 is 23.8 Å². The molecule has 170 valence electrons. The van der Waals surface area contributed by atoms with Crippen LogP contribution in [0.3, 0.4) is 0 Å². The first-order valence-electron chi connectivity index (χ1n) is 9.98. The number of rotatable bonds is 9. The maximum absolute atomic E-state index is 14.4. The number of aromatic nitrogens is 1. The predicted octanol–water partition coefficient (Wildman–Crippen LogP) is 3.84. The van der Waals surface area contributed by atoms with Crippen LogP contribution in [0, 0.1) is 5.82 Å². The lowest BCUT2D eigenvalue weighted by atomic mass is 10.2. The highest BCUT2D eigenvalue weighted by Crippen LogP contribution is 2.24. The Morgan fingerprint density at radius 1 is 1.18 bits per heavy atom. The van der Waals surface area contributed by atoms with Crippen molar-refractivity contribution in [2.75, 3.05) is 7.05 Å². The Balaban J connectivity index is 1.69. The fourth-order valence-electron chi connectivity index (χ4n) is 2.83. The van der Waals surface area contributed by atoms with E-state index in [1.165, 1.54) is 25.3 Å². The molecule has 0 aliphatic rings. The van der Waals surface area contributed by atoms with Gasteiger partial charge in [-0.25, -0.2) is 14.2 Å². The third-order valence-electron chi connectivity index (χ3n) is 4.49. The van der Waals surface area contributed by atoms with Crippen LogP contribution < -0.4 is 14.8 Å². The summed E-state index contributed by atoms with van der Waals surface area (Å²) >= 11 is 0. The molecular weight excluding hydrogens is 429 g/mol. The van der Waals surface area contributed by atoms with Gasteiger partial charge in [0.05, 0.1) is 0 Å². The molecule has 0 saturated carbocycles. The van der Waals surface area contributed by atoms with E-state index in [1.807, 2.05) is 6.07 Å². The van der Waals surface area contributed by atoms with Crippen molar-refractivity contribution in [1.82, 2.24) is 10.3 Å². The van der Waals surface area contributed by atoms with Gasteiger partial charge in [0.25, 0.3) is 5.91 Å². The summed E-state index contributed by atoms with van der Waals surface area (Å²) in [5, 5.41) is 11.5. The fraction of sp³-hybridized carbons (Fsp3) is 0.167. The Labute approximate surface area is 189 Å². The monoisotopic (exact) mass is 451 g/mol. The minimum absolute atomic E-state index is 0.0794. The van der Waals surface area contributed by atoms with Gasteiger partial charge in [-0.15, -0.1) is 0 Å². The van der Waals surface area contributed by atoms with Crippen LogP contribution in [-0.4, -0.2) is 41.3 Å². The molecule has 1 atom stereocenters. The van der Waals surface area contributed by atoms with Crippen LogP contribution in [0.15, 0.2) is 65.8 Å². The van der Waals surface area contributed by atoms with Gasteiger partial charge in [0.2, 0.25) is 5.88 Å². The number of nitrogens with one attached hydrogen (secondary N) is 1. The average Bonchev–Trinajstić information content (AvgIpc) is 2.79. The molecule has 3 aromatic rings. The van der Waals surface area contributed by atoms with Gasteiger partial charge in [0, 0.05) is 37.6 Å². The van der Waals surface area contributed by atoms with E-state index in [-0.39, 0.29) is 29.3 Å². The van der Waals surface area contributed by atoms with Crippen LogP contribution in [0.5, 0.6) is 17.4 Å². The molecule has 2 N–H and O–H groups in total. The predicted molar refractivity (Wildman–Crippen MR) is 120 cm³/mol. The summed E-state index contributed by atoms with van der Waals surface area (Å²) in [5.41, 5.74) is 1.22. The van der Waals surface area contributed by atoms with Gasteiger partial charge in [0.15, 0.2) is 6.10 Å². The van der Waals surface area contributed by atoms with Gasteiger partial charge in [-0.3, -0.25) is 9.79 Å². The van der Waals surface area contributed by atoms with Crippen molar-refractivity contribution >= 4 is 18.1 Å². The molecular formula is C24H22FN3O5. The number of amides is 1. The van der Waals surface area contributed by atoms with Crippen LogP contribution in [0.25, 0.3) is 0 Å². The lowest BCUT2D eigenvalue weighted by Gasteiger charge is -2.13. The van der Waals surface area contributed by atoms with Gasteiger partial charge < -0.3 is 19.9 Å². The number of carboxylic acid groups (broad SMARTS) is 1. The van der Waals surface area contributed by atoms with E-state index in [1.54, 1.807) is 43.6 Å². The number of carbonyl (C=O) groups is 2. The summed E-state index contributed by atoms with van der Waals surface area (Å²) in [4.78, 5) is 31.7. The molecule has 1 heterocycles. The normalized spacial score (nSPS) is 11.7. The van der Waals surface area contributed by atoms with Gasteiger partial charge >= 0.3 is 5.97 Å². The third kappa shape index (κ3) is 6.36. The molecule has 1 aromatic heterocycles. The Morgan fingerprint density at radius 3 is 2.73 bits per heavy atom. The lowest BCUT2D eigenvalue weighted by Crippen LogP contribution is -2.24. The summed E-state index contributed by atoms with van der Waals surface area (Å²) in [6, 6.07) is 14.2. The Kier molecular flexibility index (Phi) is 7.69. The highest BCUT2D eigenvalue weighted by Gasteiger charge is 2.16. The molecule has 0 spiro atoms. The molecule has 2 aromatic carbocycles. The molecule has 8 nitrogen and oxygen atoms in total. The molecule has 33 heavy (non-hydrogen) atoms. The van der Waals surface area contributed by atoms with E-state index in [0.29, 0.717) is 5.75 Å². The maximum Gasteiger partial charge on any atom is 0.344 e. The number of carboxylic acids is 1. The average molecular weight is 451 g/mol. The fourth-order valence-corrected chi connectivity index (χ4v) is 2.83. The molecule has 0 radical (unpaired) electrons. The van der Waals surface area contributed by atoms with E-state index in [9.17, 15) is 14.0 Å². The zero-order chi connectivity index (χ0) is 23.8. The summed E-state index contributed by atoms with van der Waals surface area (Å²) in [6.45, 7) is 1.24. The summed E-state index contributed by atoms with van der Waals surface area (Å²) in [6.07, 6.45) is 2.06. The molecule has 1 unspecified atom stereocenters. The van der Waals surface area contributed by atoms with Gasteiger partial charge in [-0.2, -0.15) is 0 Å². The summed E-state index contributed by atoms with van der Waals surface area (Å²) in [5.74, 6) is -1.63. The van der Waals surface area contributed by atoms with Crippen molar-refractivity contribution in [3.63, 3.8) is 0 Å². The number of hydrogen-bond acceptors (Lipinski definition) is 6. The Morgan fingerprint density at radius 2 is 2.00 bits per heavy atom. The number of ether oxygens (including phenoxy) is 2. The number of nitrogens with zero attached hydrogens (tertiary/aromatic N) is 2. The number of benzene rings is 2. The van der Waals surface area contributed by atoms with E-state index in [0.717, 1.165) is 11.6 Å². The second-order valence-corrected chi connectivity index (χ2v) is 6.95. The highest BCUT2D eigenvalue weighted by molar-refractivity contribution is 5.96. The minimum Gasteiger partial charge on any atom is -0.479 e. The van der Waals surface area contributed by atoms with Crippen molar-refractivity contribution in [3.05, 3.63) is 83.3 Å². The topological polar surface area (TPSA) is 110 Å². The number of halogens is 1. The zero-order valence-electron chi connectivity index (χ0n) is 18.0. The second kappa shape index (κ2) is 10.9. The first-order valence-corrected chi connectivity index (χ1v) is 9.98. The summed E-state index contributed by atoms with van der Waals surface area (Å²) in [7, 11) is 1.66. The molecule has 9 heteroatoms. The van der Waals surface area contributed by atoms with Crippen LogP contribution in [0.2, 0.25) is 0 Å². The van der Waals surface area contributed by atoms with Crippen LogP contribution in [0.1, 0.15) is 28.4 Å². The van der Waals surface area contributed by atoms with Crippen molar-refractivity contribution < 1.29 is 28.6 Å². The van der Waals surface area contributed by atoms with Crippen LogP contribution in [0.4, 0.5) is 4.39 Å². The molecule has 0 saturated heterocycles. The van der Waals surface area contributed by atoms with Crippen molar-refractivity contribution in [3.8, 4) is 17.4 Å². The first-order chi connectivity index (χ1) is 15.9. The maximum atomic E-state index is 14.4. The van der Waals surface area contributed by atoms with Crippen LogP contribution in [-0.2, 0) is 11.3 Å². The molecule has 0 aliphatic carbocycles. The van der Waals surface area contributed by atoms with Gasteiger partial charge in [-0.05, 0) is 42.8 Å². The SMILES string of the molecule is CN=Cc1cccc(Oc2ncccc2C(=O)NCc2ccc(OC(C)C(=O)O)cc2F)c1. The number of aliphatic carboxylic acids is 1. The molecule has 1 amide bonds. The van der Waals surface area contributed by atoms with Crippen LogP contribution >= 0.6 is 0 Å². The molecule has 0 fully saturated rings. The number of pyridine rings is 1. The smallest absolute Gasteiger partial charge is 0.344 e. The first kappa shape index (κ1) is 23.4. The summed E-state index contributed by atoms with van der Waals surface area (Å²) < 4.78 is 25.3. The second-order valence-electron chi connectivity index (χ2n) is 6.95. The third-order valence-corrected chi connectivity index (χ3v) is 4.49. The standard InChI is InChI=1S/C24H22FN3O5/c1-15(24(30)31)32-19-9-8-17(21(25)12-19)14-28-22(29)20-7-4-10-27-23(20)33-18-6-3-5-16(11-18)13-26-2/h3-13,15H,14H2,1-2H3,(H,28,29)(H,30,31). The highest BCUT2D eigenvalue weighted by atomic mass is 19.1.